The van der Waals surface area contributed by atoms with E-state index in [0.29, 0.717) is 12.2 Å². The third kappa shape index (κ3) is 4.70. The van der Waals surface area contributed by atoms with Gasteiger partial charge in [-0.1, -0.05) is 12.1 Å². The third-order valence-corrected chi connectivity index (χ3v) is 2.53. The van der Waals surface area contributed by atoms with Crippen LogP contribution in [0.3, 0.4) is 0 Å². The van der Waals surface area contributed by atoms with Crippen molar-refractivity contribution in [3.8, 4) is 5.75 Å². The Morgan fingerprint density at radius 1 is 1.29 bits per heavy atom. The van der Waals surface area contributed by atoms with Gasteiger partial charge in [0.05, 0.1) is 12.8 Å². The Hall–Kier alpha value is -2.73. The van der Waals surface area contributed by atoms with Crippen LogP contribution in [0.2, 0.25) is 0 Å². The molecule has 0 fully saturated rings. The summed E-state index contributed by atoms with van der Waals surface area (Å²) >= 11 is 0. The molecule has 0 aliphatic rings. The van der Waals surface area contributed by atoms with Crippen molar-refractivity contribution in [2.45, 2.75) is 6.92 Å². The minimum absolute atomic E-state index is 0. The Labute approximate surface area is 122 Å². The minimum Gasteiger partial charge on any atom is -0.493 e. The zero-order valence-corrected chi connectivity index (χ0v) is 11.6. The number of hydrogen-bond acceptors (Lipinski definition) is 4. The number of benzene rings is 1. The molecule has 0 spiro atoms. The number of nitrogens with one attached hydrogen (secondary N) is 1. The maximum Gasteiger partial charge on any atom is 0.271 e. The maximum absolute atomic E-state index is 11.8. The van der Waals surface area contributed by atoms with E-state index >= 15 is 0 Å². The molecule has 6 heteroatoms. The molecule has 0 atom stereocenters. The van der Waals surface area contributed by atoms with Gasteiger partial charge < -0.3 is 10.2 Å². The standard InChI is InChI=1S/C15H15N3O2.H2O/c1-2-20-14-6-4-3-5-13(14)11-17-18-15(19)12-7-9-16-10-8-12;/h3-11H,2H2,1H3,(H,18,19);1H2/b17-11+;. The molecular weight excluding hydrogens is 270 g/mol. The summed E-state index contributed by atoms with van der Waals surface area (Å²) in [6.07, 6.45) is 4.68. The molecule has 6 nitrogen and oxygen atoms in total. The molecule has 2 aromatic rings. The molecule has 2 rings (SSSR count). The molecule has 0 unspecified atom stereocenters. The highest BCUT2D eigenvalue weighted by atomic mass is 16.5. The minimum atomic E-state index is -0.280. The second-order valence-corrected chi connectivity index (χ2v) is 3.91. The van der Waals surface area contributed by atoms with Crippen molar-refractivity contribution in [2.24, 2.45) is 5.10 Å². The number of pyridine rings is 1. The first-order valence-electron chi connectivity index (χ1n) is 6.26. The summed E-state index contributed by atoms with van der Waals surface area (Å²) in [6, 6.07) is 10.7. The normalized spacial score (nSPS) is 9.95. The van der Waals surface area contributed by atoms with Gasteiger partial charge in [-0.2, -0.15) is 5.10 Å². The lowest BCUT2D eigenvalue weighted by Crippen LogP contribution is -2.17. The quantitative estimate of drug-likeness (QED) is 0.665. The van der Waals surface area contributed by atoms with Gasteiger partial charge in [0.1, 0.15) is 5.75 Å². The summed E-state index contributed by atoms with van der Waals surface area (Å²) in [6.45, 7) is 2.49. The number of nitrogens with zero attached hydrogens (tertiary/aromatic N) is 2. The first-order valence-corrected chi connectivity index (χ1v) is 6.26. The molecule has 1 amide bonds. The summed E-state index contributed by atoms with van der Waals surface area (Å²) in [5.41, 5.74) is 3.78. The van der Waals surface area contributed by atoms with E-state index in [4.69, 9.17) is 4.74 Å². The molecule has 21 heavy (non-hydrogen) atoms. The number of aromatic nitrogens is 1. The summed E-state index contributed by atoms with van der Waals surface area (Å²) in [5.74, 6) is 0.453. The van der Waals surface area contributed by atoms with Crippen molar-refractivity contribution in [3.63, 3.8) is 0 Å². The van der Waals surface area contributed by atoms with Gasteiger partial charge in [0, 0.05) is 23.5 Å². The molecule has 0 saturated carbocycles. The number of hydrazone groups is 1. The number of hydrogen-bond donors (Lipinski definition) is 1. The van der Waals surface area contributed by atoms with Crippen LogP contribution in [0.5, 0.6) is 5.75 Å². The number of amides is 1. The van der Waals surface area contributed by atoms with Crippen LogP contribution in [0, 0.1) is 0 Å². The van der Waals surface area contributed by atoms with Crippen LogP contribution in [0.25, 0.3) is 0 Å². The average molecular weight is 287 g/mol. The molecule has 3 N–H and O–H groups in total. The fourth-order valence-electron chi connectivity index (χ4n) is 1.60. The highest BCUT2D eigenvalue weighted by Gasteiger charge is 2.03. The lowest BCUT2D eigenvalue weighted by Gasteiger charge is -2.05. The monoisotopic (exact) mass is 287 g/mol. The van der Waals surface area contributed by atoms with E-state index in [9.17, 15) is 4.79 Å². The summed E-state index contributed by atoms with van der Waals surface area (Å²) < 4.78 is 5.47. The van der Waals surface area contributed by atoms with E-state index in [-0.39, 0.29) is 11.4 Å². The Balaban J connectivity index is 0.00000220. The largest absolute Gasteiger partial charge is 0.493 e. The predicted molar refractivity (Wildman–Crippen MR) is 80.5 cm³/mol. The lowest BCUT2D eigenvalue weighted by molar-refractivity contribution is 0.0955. The molecule has 0 radical (unpaired) electrons. The van der Waals surface area contributed by atoms with Gasteiger partial charge >= 0.3 is 0 Å². The second-order valence-electron chi connectivity index (χ2n) is 3.91. The molecule has 1 aromatic heterocycles. The number of carbonyl (C=O) groups excluding carboxylic acids is 1. The van der Waals surface area contributed by atoms with Crippen LogP contribution in [-0.4, -0.2) is 29.2 Å². The van der Waals surface area contributed by atoms with Crippen molar-refractivity contribution in [1.82, 2.24) is 10.4 Å². The van der Waals surface area contributed by atoms with Crippen LogP contribution in [0.15, 0.2) is 53.9 Å². The van der Waals surface area contributed by atoms with E-state index in [1.165, 1.54) is 0 Å². The van der Waals surface area contributed by atoms with Crippen molar-refractivity contribution >= 4 is 12.1 Å². The molecular formula is C15H17N3O3. The number of carbonyl (C=O) groups is 1. The average Bonchev–Trinajstić information content (AvgIpc) is 2.50. The predicted octanol–water partition coefficient (Wildman–Crippen LogP) is 1.42. The van der Waals surface area contributed by atoms with Gasteiger partial charge in [-0.25, -0.2) is 5.43 Å². The van der Waals surface area contributed by atoms with Gasteiger partial charge in [0.25, 0.3) is 5.91 Å². The van der Waals surface area contributed by atoms with E-state index in [1.807, 2.05) is 31.2 Å². The summed E-state index contributed by atoms with van der Waals surface area (Å²) in [7, 11) is 0. The second kappa shape index (κ2) is 8.44. The summed E-state index contributed by atoms with van der Waals surface area (Å²) in [5, 5.41) is 3.94. The molecule has 110 valence electrons. The molecule has 0 aliphatic heterocycles. The topological polar surface area (TPSA) is 95.1 Å². The molecule has 0 saturated heterocycles. The van der Waals surface area contributed by atoms with Crippen LogP contribution in [-0.2, 0) is 0 Å². The fourth-order valence-corrected chi connectivity index (χ4v) is 1.60. The van der Waals surface area contributed by atoms with E-state index in [1.54, 1.807) is 30.7 Å². The molecule has 0 bridgehead atoms. The van der Waals surface area contributed by atoms with Crippen molar-refractivity contribution in [3.05, 3.63) is 59.9 Å². The third-order valence-electron chi connectivity index (χ3n) is 2.53. The highest BCUT2D eigenvalue weighted by molar-refractivity contribution is 5.94. The van der Waals surface area contributed by atoms with Crippen molar-refractivity contribution in [1.29, 1.82) is 0 Å². The first-order chi connectivity index (χ1) is 9.81. The van der Waals surface area contributed by atoms with E-state index in [2.05, 4.69) is 15.5 Å². The van der Waals surface area contributed by atoms with Gasteiger partial charge in [-0.05, 0) is 31.2 Å². The fraction of sp³-hybridized carbons (Fsp3) is 0.133. The number of rotatable bonds is 5. The SMILES string of the molecule is CCOc1ccccc1/C=N/NC(=O)c1ccncc1.O. The van der Waals surface area contributed by atoms with Crippen molar-refractivity contribution in [2.75, 3.05) is 6.61 Å². The lowest BCUT2D eigenvalue weighted by atomic mass is 10.2. The van der Waals surface area contributed by atoms with Crippen LogP contribution < -0.4 is 10.2 Å². The summed E-state index contributed by atoms with van der Waals surface area (Å²) in [4.78, 5) is 15.6. The Morgan fingerprint density at radius 2 is 2.00 bits per heavy atom. The zero-order chi connectivity index (χ0) is 14.2. The van der Waals surface area contributed by atoms with Gasteiger partial charge in [0.15, 0.2) is 0 Å². The smallest absolute Gasteiger partial charge is 0.271 e. The molecule has 0 aliphatic carbocycles. The Morgan fingerprint density at radius 3 is 2.71 bits per heavy atom. The molecule has 1 aromatic carbocycles. The number of ether oxygens (including phenoxy) is 1. The highest BCUT2D eigenvalue weighted by Crippen LogP contribution is 2.15. The first kappa shape index (κ1) is 16.3. The van der Waals surface area contributed by atoms with Gasteiger partial charge in [-0.3, -0.25) is 9.78 Å². The maximum atomic E-state index is 11.8. The Bertz CT molecular complexity index is 600. The number of para-hydroxylation sites is 1. The van der Waals surface area contributed by atoms with Gasteiger partial charge in [0.2, 0.25) is 0 Å². The van der Waals surface area contributed by atoms with E-state index in [0.717, 1.165) is 11.3 Å². The van der Waals surface area contributed by atoms with Crippen LogP contribution in [0.1, 0.15) is 22.8 Å². The molecule has 1 heterocycles. The van der Waals surface area contributed by atoms with Crippen LogP contribution >= 0.6 is 0 Å². The van der Waals surface area contributed by atoms with Crippen LogP contribution in [0.4, 0.5) is 0 Å². The zero-order valence-electron chi connectivity index (χ0n) is 11.6. The Kier molecular flexibility index (Phi) is 6.56. The van der Waals surface area contributed by atoms with E-state index < -0.39 is 0 Å². The van der Waals surface area contributed by atoms with Crippen molar-refractivity contribution < 1.29 is 15.0 Å². The van der Waals surface area contributed by atoms with Gasteiger partial charge in [-0.15, -0.1) is 0 Å².